The highest BCUT2D eigenvalue weighted by molar-refractivity contribution is 6.40. The minimum absolute atomic E-state index is 0.0187. The van der Waals surface area contributed by atoms with Gasteiger partial charge in [0.15, 0.2) is 11.4 Å². The molecule has 0 amide bonds. The monoisotopic (exact) mass is 382 g/mol. The average molecular weight is 384 g/mol. The van der Waals surface area contributed by atoms with Gasteiger partial charge in [0.05, 0.1) is 15.4 Å². The highest BCUT2D eigenvalue weighted by atomic mass is 35.5. The van der Waals surface area contributed by atoms with Crippen molar-refractivity contribution in [3.63, 3.8) is 0 Å². The molecule has 0 aliphatic heterocycles. The summed E-state index contributed by atoms with van der Waals surface area (Å²) in [6.45, 7) is 0. The summed E-state index contributed by atoms with van der Waals surface area (Å²) in [5.41, 5.74) is -0.334. The van der Waals surface area contributed by atoms with E-state index in [4.69, 9.17) is 39.5 Å². The molecular formula is C16H9Cl3N2O3. The molecule has 0 radical (unpaired) electrons. The van der Waals surface area contributed by atoms with E-state index in [1.165, 1.54) is 19.2 Å². The van der Waals surface area contributed by atoms with E-state index in [-0.39, 0.29) is 27.0 Å². The lowest BCUT2D eigenvalue weighted by atomic mass is 10.1. The van der Waals surface area contributed by atoms with Crippen LogP contribution in [0.25, 0.3) is 10.8 Å². The third kappa shape index (κ3) is 2.98. The fourth-order valence-corrected chi connectivity index (χ4v) is 3.11. The zero-order valence-corrected chi connectivity index (χ0v) is 14.5. The molecule has 1 heterocycles. The molecular weight excluding hydrogens is 375 g/mol. The van der Waals surface area contributed by atoms with Crippen LogP contribution in [0.2, 0.25) is 15.1 Å². The molecule has 1 aromatic heterocycles. The number of carbonyl (C=O) groups excluding carboxylic acids is 1. The summed E-state index contributed by atoms with van der Waals surface area (Å²) in [6.07, 6.45) is 0. The predicted molar refractivity (Wildman–Crippen MR) is 93.4 cm³/mol. The number of aromatic nitrogens is 2. The molecule has 2 aromatic carbocycles. The molecule has 0 atom stereocenters. The Kier molecular flexibility index (Phi) is 4.49. The molecule has 0 fully saturated rings. The Labute approximate surface area is 151 Å². The van der Waals surface area contributed by atoms with Crippen LogP contribution < -0.4 is 10.3 Å². The number of ether oxygens (including phenoxy) is 1. The van der Waals surface area contributed by atoms with Crippen molar-refractivity contribution in [1.82, 2.24) is 9.78 Å². The second kappa shape index (κ2) is 6.43. The van der Waals surface area contributed by atoms with Gasteiger partial charge in [0.25, 0.3) is 5.56 Å². The molecule has 0 spiro atoms. The zero-order valence-electron chi connectivity index (χ0n) is 12.2. The standard InChI is InChI=1S/C16H9Cl3N2O3/c1-21-15(22)10-5-3-2-4-9(10)13(20-21)16(23)24-14-11(18)6-8(17)7-12(14)19/h2-7H,1H3. The summed E-state index contributed by atoms with van der Waals surface area (Å²) in [6, 6.07) is 9.44. The van der Waals surface area contributed by atoms with Crippen molar-refractivity contribution < 1.29 is 9.53 Å². The molecule has 8 heteroatoms. The minimum atomic E-state index is -0.784. The molecule has 122 valence electrons. The Balaban J connectivity index is 2.11. The first-order chi connectivity index (χ1) is 11.4. The van der Waals surface area contributed by atoms with Gasteiger partial charge in [0.2, 0.25) is 0 Å². The lowest BCUT2D eigenvalue weighted by Crippen LogP contribution is -2.24. The molecule has 0 saturated carbocycles. The van der Waals surface area contributed by atoms with Crippen molar-refractivity contribution >= 4 is 51.5 Å². The number of hydrogen-bond acceptors (Lipinski definition) is 4. The van der Waals surface area contributed by atoms with Crippen LogP contribution >= 0.6 is 34.8 Å². The van der Waals surface area contributed by atoms with E-state index in [9.17, 15) is 9.59 Å². The Morgan fingerprint density at radius 1 is 1.08 bits per heavy atom. The Hall–Kier alpha value is -2.08. The molecule has 24 heavy (non-hydrogen) atoms. The van der Waals surface area contributed by atoms with Crippen molar-refractivity contribution in [2.24, 2.45) is 7.05 Å². The maximum absolute atomic E-state index is 12.5. The Bertz CT molecular complexity index is 1010. The number of fused-ring (bicyclic) bond motifs is 1. The lowest BCUT2D eigenvalue weighted by Gasteiger charge is -2.10. The maximum Gasteiger partial charge on any atom is 0.364 e. The van der Waals surface area contributed by atoms with Gasteiger partial charge in [0, 0.05) is 17.5 Å². The van der Waals surface area contributed by atoms with Crippen LogP contribution in [0, 0.1) is 0 Å². The van der Waals surface area contributed by atoms with Gasteiger partial charge in [-0.15, -0.1) is 0 Å². The van der Waals surface area contributed by atoms with E-state index in [1.807, 2.05) is 0 Å². The number of esters is 1. The van der Waals surface area contributed by atoms with Gasteiger partial charge in [0.1, 0.15) is 0 Å². The topological polar surface area (TPSA) is 61.2 Å². The summed E-state index contributed by atoms with van der Waals surface area (Å²) >= 11 is 17.9. The van der Waals surface area contributed by atoms with Gasteiger partial charge in [-0.25, -0.2) is 9.48 Å². The predicted octanol–water partition coefficient (Wildman–Crippen LogP) is 4.11. The van der Waals surface area contributed by atoms with Gasteiger partial charge in [-0.05, 0) is 18.2 Å². The molecule has 0 N–H and O–H groups in total. The van der Waals surface area contributed by atoms with Crippen LogP contribution in [0.1, 0.15) is 10.5 Å². The fourth-order valence-electron chi connectivity index (χ4n) is 2.22. The van der Waals surface area contributed by atoms with Gasteiger partial charge in [-0.3, -0.25) is 4.79 Å². The van der Waals surface area contributed by atoms with E-state index >= 15 is 0 Å². The molecule has 5 nitrogen and oxygen atoms in total. The lowest BCUT2D eigenvalue weighted by molar-refractivity contribution is 0.0728. The van der Waals surface area contributed by atoms with Crippen molar-refractivity contribution in [1.29, 1.82) is 0 Å². The first kappa shape index (κ1) is 16.8. The number of hydrogen-bond donors (Lipinski definition) is 0. The van der Waals surface area contributed by atoms with Crippen molar-refractivity contribution in [3.05, 3.63) is 67.5 Å². The smallest absolute Gasteiger partial charge is 0.364 e. The molecule has 0 saturated heterocycles. The summed E-state index contributed by atoms with van der Waals surface area (Å²) in [7, 11) is 1.45. The van der Waals surface area contributed by atoms with Gasteiger partial charge in [-0.2, -0.15) is 5.10 Å². The number of carbonyl (C=O) groups is 1. The minimum Gasteiger partial charge on any atom is -0.419 e. The van der Waals surface area contributed by atoms with Crippen LogP contribution in [0.3, 0.4) is 0 Å². The summed E-state index contributed by atoms with van der Waals surface area (Å²) in [4.78, 5) is 24.6. The average Bonchev–Trinajstić information content (AvgIpc) is 2.54. The maximum atomic E-state index is 12.5. The highest BCUT2D eigenvalue weighted by Gasteiger charge is 2.20. The molecule has 0 aliphatic rings. The van der Waals surface area contributed by atoms with E-state index in [1.54, 1.807) is 24.3 Å². The number of aryl methyl sites for hydroxylation is 1. The molecule has 0 bridgehead atoms. The summed E-state index contributed by atoms with van der Waals surface area (Å²) in [5, 5.41) is 5.23. The van der Waals surface area contributed by atoms with Gasteiger partial charge < -0.3 is 4.74 Å². The number of rotatable bonds is 2. The molecule has 0 unspecified atom stereocenters. The third-order valence-corrected chi connectivity index (χ3v) is 4.09. The van der Waals surface area contributed by atoms with E-state index in [2.05, 4.69) is 5.10 Å². The van der Waals surface area contributed by atoms with Gasteiger partial charge >= 0.3 is 5.97 Å². The summed E-state index contributed by atoms with van der Waals surface area (Å²) < 4.78 is 6.35. The van der Waals surface area contributed by atoms with Crippen LogP contribution in [0.4, 0.5) is 0 Å². The SMILES string of the molecule is Cn1nc(C(=O)Oc2c(Cl)cc(Cl)cc2Cl)c2ccccc2c1=O. The Morgan fingerprint density at radius 3 is 2.29 bits per heavy atom. The van der Waals surface area contributed by atoms with E-state index in [0.29, 0.717) is 15.8 Å². The number of benzene rings is 2. The fraction of sp³-hybridized carbons (Fsp3) is 0.0625. The summed E-state index contributed by atoms with van der Waals surface area (Å²) in [5.74, 6) is -0.805. The normalized spacial score (nSPS) is 10.8. The van der Waals surface area contributed by atoms with Crippen molar-refractivity contribution in [2.75, 3.05) is 0 Å². The van der Waals surface area contributed by atoms with Crippen molar-refractivity contribution in [2.45, 2.75) is 0 Å². The second-order valence-electron chi connectivity index (χ2n) is 4.91. The molecule has 0 aliphatic carbocycles. The Morgan fingerprint density at radius 2 is 1.67 bits per heavy atom. The number of nitrogens with zero attached hydrogens (tertiary/aromatic N) is 2. The van der Waals surface area contributed by atoms with Crippen LogP contribution in [-0.4, -0.2) is 15.7 Å². The van der Waals surface area contributed by atoms with Gasteiger partial charge in [-0.1, -0.05) is 53.0 Å². The van der Waals surface area contributed by atoms with E-state index < -0.39 is 5.97 Å². The van der Waals surface area contributed by atoms with E-state index in [0.717, 1.165) is 4.68 Å². The third-order valence-electron chi connectivity index (χ3n) is 3.31. The van der Waals surface area contributed by atoms with Crippen LogP contribution in [0.5, 0.6) is 5.75 Å². The largest absolute Gasteiger partial charge is 0.419 e. The zero-order chi connectivity index (χ0) is 17.4. The van der Waals surface area contributed by atoms with Crippen LogP contribution in [0.15, 0.2) is 41.2 Å². The quantitative estimate of drug-likeness (QED) is 0.493. The van der Waals surface area contributed by atoms with Crippen LogP contribution in [-0.2, 0) is 7.05 Å². The first-order valence-electron chi connectivity index (χ1n) is 6.71. The van der Waals surface area contributed by atoms with Crippen molar-refractivity contribution in [3.8, 4) is 5.75 Å². The first-order valence-corrected chi connectivity index (χ1v) is 7.84. The molecule has 3 aromatic rings. The number of halogens is 3. The second-order valence-corrected chi connectivity index (χ2v) is 6.16. The highest BCUT2D eigenvalue weighted by Crippen LogP contribution is 2.36. The molecule has 3 rings (SSSR count).